The van der Waals surface area contributed by atoms with Gasteiger partial charge in [0.05, 0.1) is 6.04 Å². The van der Waals surface area contributed by atoms with E-state index in [2.05, 4.69) is 34.9 Å². The van der Waals surface area contributed by atoms with E-state index >= 15 is 0 Å². The molecule has 0 aliphatic rings. The summed E-state index contributed by atoms with van der Waals surface area (Å²) in [4.78, 5) is 0. The van der Waals surface area contributed by atoms with Gasteiger partial charge in [0, 0.05) is 26.2 Å². The van der Waals surface area contributed by atoms with Gasteiger partial charge in [-0.1, -0.05) is 60.7 Å². The topological polar surface area (TPSA) is 42.5 Å². The molecule has 0 spiro atoms. The summed E-state index contributed by atoms with van der Waals surface area (Å²) >= 11 is 5.53. The molecular formula is C22H30N2O2S. The fraction of sp³-hybridized carbons (Fsp3) is 0.409. The highest BCUT2D eigenvalue weighted by molar-refractivity contribution is 7.80. The van der Waals surface area contributed by atoms with Crippen LogP contribution in [0.5, 0.6) is 0 Å². The zero-order valence-electron chi connectivity index (χ0n) is 16.2. The lowest BCUT2D eigenvalue weighted by Gasteiger charge is -2.22. The number of benzene rings is 2. The molecule has 2 aromatic carbocycles. The van der Waals surface area contributed by atoms with Crippen LogP contribution in [-0.4, -0.2) is 31.2 Å². The van der Waals surface area contributed by atoms with Crippen molar-refractivity contribution in [1.29, 1.82) is 0 Å². The van der Waals surface area contributed by atoms with E-state index in [0.29, 0.717) is 18.3 Å². The van der Waals surface area contributed by atoms with Crippen LogP contribution in [0.15, 0.2) is 60.7 Å². The molecule has 0 fully saturated rings. The van der Waals surface area contributed by atoms with Gasteiger partial charge in [-0.2, -0.15) is 0 Å². The van der Waals surface area contributed by atoms with Crippen LogP contribution in [0, 0.1) is 0 Å². The van der Waals surface area contributed by atoms with Crippen LogP contribution in [-0.2, 0) is 9.47 Å². The standard InChI is InChI=1S/C22H30N2O2S/c1-3-25-20(26-4-2)16-11-17-23-22(27)24-21(18-12-7-5-8-13-18)19-14-9-6-10-15-19/h5-10,12-15,20-21H,3-4,11,16-17H2,1-2H3,(H2,23,24,27). The molecule has 2 aromatic rings. The van der Waals surface area contributed by atoms with Crippen LogP contribution in [0.25, 0.3) is 0 Å². The van der Waals surface area contributed by atoms with Gasteiger partial charge < -0.3 is 20.1 Å². The van der Waals surface area contributed by atoms with E-state index < -0.39 is 0 Å². The monoisotopic (exact) mass is 386 g/mol. The van der Waals surface area contributed by atoms with Crippen molar-refractivity contribution in [2.75, 3.05) is 19.8 Å². The van der Waals surface area contributed by atoms with Crippen LogP contribution in [0.2, 0.25) is 0 Å². The molecule has 0 amide bonds. The first-order chi connectivity index (χ1) is 13.2. The van der Waals surface area contributed by atoms with Crippen molar-refractivity contribution in [2.24, 2.45) is 0 Å². The lowest BCUT2D eigenvalue weighted by Crippen LogP contribution is -2.38. The molecule has 27 heavy (non-hydrogen) atoms. The van der Waals surface area contributed by atoms with E-state index in [1.54, 1.807) is 0 Å². The maximum atomic E-state index is 5.57. The summed E-state index contributed by atoms with van der Waals surface area (Å²) in [6, 6.07) is 20.7. The zero-order chi connectivity index (χ0) is 19.3. The Morgan fingerprint density at radius 1 is 0.889 bits per heavy atom. The lowest BCUT2D eigenvalue weighted by atomic mass is 9.99. The third-order valence-electron chi connectivity index (χ3n) is 4.15. The van der Waals surface area contributed by atoms with Crippen LogP contribution < -0.4 is 10.6 Å². The summed E-state index contributed by atoms with van der Waals surface area (Å²) in [5.41, 5.74) is 2.36. The van der Waals surface area contributed by atoms with Gasteiger partial charge in [0.15, 0.2) is 11.4 Å². The smallest absolute Gasteiger partial charge is 0.167 e. The van der Waals surface area contributed by atoms with Crippen LogP contribution in [0.4, 0.5) is 0 Å². The number of hydrogen-bond donors (Lipinski definition) is 2. The quantitative estimate of drug-likeness (QED) is 0.340. The third-order valence-corrected chi connectivity index (χ3v) is 4.41. The van der Waals surface area contributed by atoms with Crippen molar-refractivity contribution < 1.29 is 9.47 Å². The minimum absolute atomic E-state index is 0.0204. The number of nitrogens with one attached hydrogen (secondary N) is 2. The Bertz CT molecular complexity index is 606. The first kappa shape index (κ1) is 21.4. The summed E-state index contributed by atoms with van der Waals surface area (Å²) in [6.07, 6.45) is 1.64. The van der Waals surface area contributed by atoms with E-state index in [-0.39, 0.29) is 12.3 Å². The Hall–Kier alpha value is -1.95. The Balaban J connectivity index is 1.87. The Labute approximate surface area is 168 Å². The molecule has 0 aromatic heterocycles. The molecule has 0 aliphatic carbocycles. The molecule has 0 aliphatic heterocycles. The van der Waals surface area contributed by atoms with Gasteiger partial charge in [-0.25, -0.2) is 0 Å². The summed E-state index contributed by atoms with van der Waals surface area (Å²) < 4.78 is 11.1. The molecule has 0 bridgehead atoms. The van der Waals surface area contributed by atoms with Gasteiger partial charge in [-0.15, -0.1) is 0 Å². The molecule has 0 radical (unpaired) electrons. The predicted octanol–water partition coefficient (Wildman–Crippen LogP) is 4.42. The Kier molecular flexibility index (Phi) is 9.84. The van der Waals surface area contributed by atoms with E-state index in [0.717, 1.165) is 19.4 Å². The molecule has 0 atom stereocenters. The minimum Gasteiger partial charge on any atom is -0.363 e. The van der Waals surface area contributed by atoms with Crippen molar-refractivity contribution in [3.63, 3.8) is 0 Å². The van der Waals surface area contributed by atoms with Crippen molar-refractivity contribution in [3.05, 3.63) is 71.8 Å². The van der Waals surface area contributed by atoms with Crippen molar-refractivity contribution >= 4 is 17.3 Å². The molecule has 5 heteroatoms. The molecule has 0 unspecified atom stereocenters. The highest BCUT2D eigenvalue weighted by Gasteiger charge is 2.14. The lowest BCUT2D eigenvalue weighted by molar-refractivity contribution is -0.139. The Morgan fingerprint density at radius 2 is 1.41 bits per heavy atom. The normalized spacial score (nSPS) is 11.0. The van der Waals surface area contributed by atoms with Crippen molar-refractivity contribution in [1.82, 2.24) is 10.6 Å². The van der Waals surface area contributed by atoms with E-state index in [1.807, 2.05) is 50.2 Å². The van der Waals surface area contributed by atoms with E-state index in [4.69, 9.17) is 21.7 Å². The highest BCUT2D eigenvalue weighted by atomic mass is 32.1. The summed E-state index contributed by atoms with van der Waals surface area (Å²) in [5.74, 6) is 0. The highest BCUT2D eigenvalue weighted by Crippen LogP contribution is 2.21. The third kappa shape index (κ3) is 7.67. The average molecular weight is 387 g/mol. The second-order valence-electron chi connectivity index (χ2n) is 6.14. The van der Waals surface area contributed by atoms with Gasteiger partial charge in [-0.3, -0.25) is 0 Å². The Morgan fingerprint density at radius 3 is 1.89 bits per heavy atom. The molecule has 2 N–H and O–H groups in total. The molecule has 4 nitrogen and oxygen atoms in total. The minimum atomic E-state index is -0.135. The number of ether oxygens (including phenoxy) is 2. The predicted molar refractivity (Wildman–Crippen MR) is 115 cm³/mol. The second kappa shape index (κ2) is 12.4. The SMILES string of the molecule is CCOC(CCCNC(=S)NC(c1ccccc1)c1ccccc1)OCC. The van der Waals surface area contributed by atoms with Crippen LogP contribution >= 0.6 is 12.2 Å². The molecule has 2 rings (SSSR count). The number of hydrogen-bond acceptors (Lipinski definition) is 3. The summed E-state index contributed by atoms with van der Waals surface area (Å²) in [6.45, 7) is 6.06. The maximum Gasteiger partial charge on any atom is 0.167 e. The fourth-order valence-corrected chi connectivity index (χ4v) is 3.11. The van der Waals surface area contributed by atoms with Crippen molar-refractivity contribution in [2.45, 2.75) is 39.0 Å². The number of thiocarbonyl (C=S) groups is 1. The largest absolute Gasteiger partial charge is 0.363 e. The molecule has 0 heterocycles. The van der Waals surface area contributed by atoms with Gasteiger partial charge in [-0.05, 0) is 43.6 Å². The molecular weight excluding hydrogens is 356 g/mol. The van der Waals surface area contributed by atoms with Gasteiger partial charge >= 0.3 is 0 Å². The average Bonchev–Trinajstić information content (AvgIpc) is 2.71. The zero-order valence-corrected chi connectivity index (χ0v) is 17.0. The van der Waals surface area contributed by atoms with Crippen LogP contribution in [0.3, 0.4) is 0 Å². The first-order valence-corrected chi connectivity index (χ1v) is 10.0. The van der Waals surface area contributed by atoms with E-state index in [9.17, 15) is 0 Å². The van der Waals surface area contributed by atoms with Gasteiger partial charge in [0.1, 0.15) is 0 Å². The number of rotatable bonds is 11. The van der Waals surface area contributed by atoms with Crippen molar-refractivity contribution in [3.8, 4) is 0 Å². The van der Waals surface area contributed by atoms with Gasteiger partial charge in [0.25, 0.3) is 0 Å². The first-order valence-electron chi connectivity index (χ1n) is 9.62. The fourth-order valence-electron chi connectivity index (χ4n) is 2.89. The maximum absolute atomic E-state index is 5.57. The second-order valence-corrected chi connectivity index (χ2v) is 6.55. The van der Waals surface area contributed by atoms with E-state index in [1.165, 1.54) is 11.1 Å². The molecule has 0 saturated heterocycles. The van der Waals surface area contributed by atoms with Gasteiger partial charge in [0.2, 0.25) is 0 Å². The summed E-state index contributed by atoms with van der Waals surface area (Å²) in [5, 5.41) is 7.40. The molecule has 146 valence electrons. The molecule has 0 saturated carbocycles. The van der Waals surface area contributed by atoms with Crippen LogP contribution in [0.1, 0.15) is 43.9 Å². The summed E-state index contributed by atoms with van der Waals surface area (Å²) in [7, 11) is 0.